The van der Waals surface area contributed by atoms with Gasteiger partial charge in [-0.3, -0.25) is 0 Å². The Kier molecular flexibility index (Phi) is 14.8. The average Bonchev–Trinajstić information content (AvgIpc) is 4.01. The van der Waals surface area contributed by atoms with Crippen LogP contribution in [0.4, 0.5) is 19.2 Å². The van der Waals surface area contributed by atoms with Crippen molar-refractivity contribution in [2.45, 2.75) is 198 Å². The number of hydrogen-bond donors (Lipinski definition) is 0. The SMILES string of the molecule is CC.CC.CC.CCC.O=C1OC2C3CCC(C3)C2O1.O=C1OC2C3CCC(C3)C2O1.O=C1OC2C3CCC(O3)C2O1.O=C1OC2C3CCC(S3)C2O1. The summed E-state index contributed by atoms with van der Waals surface area (Å²) in [7, 11) is 0. The van der Waals surface area contributed by atoms with Crippen molar-refractivity contribution < 1.29 is 61.8 Å². The summed E-state index contributed by atoms with van der Waals surface area (Å²) in [5, 5.41) is 1.05. The van der Waals surface area contributed by atoms with Crippen LogP contribution < -0.4 is 0 Å². The summed E-state index contributed by atoms with van der Waals surface area (Å²) in [5.41, 5.74) is 0. The van der Waals surface area contributed by atoms with Crippen LogP contribution in [0.1, 0.15) is 126 Å². The van der Waals surface area contributed by atoms with Crippen molar-refractivity contribution in [1.82, 2.24) is 0 Å². The van der Waals surface area contributed by atoms with Crippen molar-refractivity contribution in [2.75, 3.05) is 0 Å². The van der Waals surface area contributed by atoms with Gasteiger partial charge in [-0.2, -0.15) is 0 Å². The fourth-order valence-electron chi connectivity index (χ4n) is 9.79. The molecule has 16 atom stereocenters. The molecule has 0 radical (unpaired) electrons. The third-order valence-electron chi connectivity index (χ3n) is 11.7. The van der Waals surface area contributed by atoms with E-state index in [1.54, 1.807) is 0 Å². The van der Waals surface area contributed by atoms with E-state index in [1.165, 1.54) is 57.8 Å². The number of carbonyl (C=O) groups is 4. The van der Waals surface area contributed by atoms with Crippen LogP contribution >= 0.6 is 11.8 Å². The van der Waals surface area contributed by atoms with Gasteiger partial charge in [0, 0.05) is 34.2 Å². The molecule has 0 aromatic carbocycles. The van der Waals surface area contributed by atoms with Crippen LogP contribution in [0, 0.1) is 23.7 Å². The van der Waals surface area contributed by atoms with Gasteiger partial charge in [-0.1, -0.05) is 61.8 Å². The highest BCUT2D eigenvalue weighted by molar-refractivity contribution is 8.01. The van der Waals surface area contributed by atoms with Gasteiger partial charge in [-0.25, -0.2) is 19.2 Å². The van der Waals surface area contributed by atoms with E-state index in [0.717, 1.165) is 12.8 Å². The Labute approximate surface area is 318 Å². The lowest BCUT2D eigenvalue weighted by Gasteiger charge is -2.19. The number of hydrogen-bond acceptors (Lipinski definition) is 14. The number of ether oxygens (including phenoxy) is 9. The first-order valence-electron chi connectivity index (χ1n) is 20.6. The molecule has 8 heterocycles. The zero-order valence-electron chi connectivity index (χ0n) is 32.7. The minimum absolute atomic E-state index is 0.0752. The summed E-state index contributed by atoms with van der Waals surface area (Å²) in [6, 6.07) is 0. The molecule has 12 aliphatic rings. The summed E-state index contributed by atoms with van der Waals surface area (Å²) < 4.78 is 45.7. The first-order chi connectivity index (χ1) is 25.8. The molecule has 13 nitrogen and oxygen atoms in total. The largest absolute Gasteiger partial charge is 0.509 e. The topological polar surface area (TPSA) is 151 Å². The van der Waals surface area contributed by atoms with Crippen LogP contribution in [-0.2, 0) is 42.6 Å². The van der Waals surface area contributed by atoms with Gasteiger partial charge in [0.05, 0.1) is 12.2 Å². The second-order valence-electron chi connectivity index (χ2n) is 14.6. The van der Waals surface area contributed by atoms with E-state index in [1.807, 2.05) is 53.3 Å². The van der Waals surface area contributed by atoms with Gasteiger partial charge < -0.3 is 42.6 Å². The minimum Gasteiger partial charge on any atom is -0.427 e. The molecule has 0 aromatic heterocycles. The maximum absolute atomic E-state index is 10.7. The standard InChI is InChI=1S/2C8H10O3.C7H8O4.C7H8O3S.C3H8.3C2H6/c2*9-8-10-6-4-1-2-5(3-4)7(6)11-8;8-7-10-5-3-1-2-4(9-3)6(5)11-7;8-7-9-5-3-1-2-4(11-3)6(5)10-7;1-3-2;3*1-2/h2*4-7H,1-3H2;2*3-6H,1-2H2;3H2,1-2H3;3*1-2H3. The Morgan fingerprint density at radius 1 is 0.415 bits per heavy atom. The quantitative estimate of drug-likeness (QED) is 0.170. The Morgan fingerprint density at radius 3 is 0.981 bits per heavy atom. The molecule has 0 spiro atoms. The third-order valence-corrected chi connectivity index (χ3v) is 13.4. The molecule has 0 amide bonds. The Hall–Kier alpha value is -2.61. The van der Waals surface area contributed by atoms with E-state index in [4.69, 9.17) is 42.6 Å². The molecule has 302 valence electrons. The number of fused-ring (bicyclic) bond motifs is 20. The van der Waals surface area contributed by atoms with E-state index < -0.39 is 24.6 Å². The summed E-state index contributed by atoms with van der Waals surface area (Å²) >= 11 is 1.92. The third kappa shape index (κ3) is 8.63. The Bertz CT molecular complexity index is 986. The molecule has 8 bridgehead atoms. The maximum atomic E-state index is 10.7. The summed E-state index contributed by atoms with van der Waals surface area (Å²) in [4.78, 5) is 42.9. The van der Waals surface area contributed by atoms with Crippen LogP contribution in [0.5, 0.6) is 0 Å². The van der Waals surface area contributed by atoms with Gasteiger partial charge in [-0.05, 0) is 64.2 Å². The van der Waals surface area contributed by atoms with Crippen LogP contribution in [0.2, 0.25) is 0 Å². The lowest BCUT2D eigenvalue weighted by Crippen LogP contribution is -2.33. The zero-order valence-corrected chi connectivity index (χ0v) is 33.5. The summed E-state index contributed by atoms with van der Waals surface area (Å²) in [5.74, 6) is 2.43. The highest BCUT2D eigenvalue weighted by atomic mass is 32.2. The molecule has 14 heteroatoms. The lowest BCUT2D eigenvalue weighted by atomic mass is 9.95. The van der Waals surface area contributed by atoms with Crippen molar-refractivity contribution in [1.29, 1.82) is 0 Å². The summed E-state index contributed by atoms with van der Waals surface area (Å²) in [6.45, 7) is 16.2. The van der Waals surface area contributed by atoms with E-state index in [2.05, 4.69) is 13.8 Å². The lowest BCUT2D eigenvalue weighted by molar-refractivity contribution is 0.0168. The van der Waals surface area contributed by atoms with E-state index in [9.17, 15) is 19.2 Å². The van der Waals surface area contributed by atoms with Gasteiger partial charge >= 0.3 is 24.6 Å². The predicted octanol–water partition coefficient (Wildman–Crippen LogP) is 8.76. The molecule has 12 rings (SSSR count). The van der Waals surface area contributed by atoms with Gasteiger partial charge in [-0.15, -0.1) is 11.8 Å². The molecule has 8 aliphatic heterocycles. The average molecular weight is 771 g/mol. The normalized spacial score (nSPS) is 44.0. The molecule has 0 N–H and O–H groups in total. The summed E-state index contributed by atoms with van der Waals surface area (Å²) in [6.07, 6.45) is 11.7. The van der Waals surface area contributed by atoms with E-state index in [-0.39, 0.29) is 61.0 Å². The molecule has 53 heavy (non-hydrogen) atoms. The van der Waals surface area contributed by atoms with Crippen molar-refractivity contribution in [3.8, 4) is 0 Å². The van der Waals surface area contributed by atoms with Crippen molar-refractivity contribution in [3.63, 3.8) is 0 Å². The molecular weight excluding hydrogens is 708 g/mol. The van der Waals surface area contributed by atoms with Gasteiger partial charge in [0.25, 0.3) is 0 Å². The first kappa shape index (κ1) is 41.6. The Morgan fingerprint density at radius 2 is 0.679 bits per heavy atom. The second-order valence-corrected chi connectivity index (χ2v) is 16.1. The molecule has 8 saturated heterocycles. The fraction of sp³-hybridized carbons (Fsp3) is 0.897. The fourth-order valence-corrected chi connectivity index (χ4v) is 11.5. The number of thioether (sulfide) groups is 1. The van der Waals surface area contributed by atoms with Crippen LogP contribution in [0.15, 0.2) is 0 Å². The van der Waals surface area contributed by atoms with Crippen molar-refractivity contribution in [2.24, 2.45) is 23.7 Å². The van der Waals surface area contributed by atoms with Gasteiger partial charge in [0.1, 0.15) is 24.4 Å². The highest BCUT2D eigenvalue weighted by Gasteiger charge is 2.59. The molecule has 16 unspecified atom stereocenters. The van der Waals surface area contributed by atoms with Crippen LogP contribution in [0.3, 0.4) is 0 Å². The van der Waals surface area contributed by atoms with Gasteiger partial charge in [0.15, 0.2) is 24.4 Å². The predicted molar refractivity (Wildman–Crippen MR) is 195 cm³/mol. The van der Waals surface area contributed by atoms with Crippen LogP contribution in [0.25, 0.3) is 0 Å². The molecule has 4 aliphatic carbocycles. The van der Waals surface area contributed by atoms with Crippen LogP contribution in [-0.4, -0.2) is 96.2 Å². The second kappa shape index (κ2) is 18.8. The van der Waals surface area contributed by atoms with E-state index in [0.29, 0.717) is 34.2 Å². The molecule has 4 saturated carbocycles. The monoisotopic (exact) mass is 770 g/mol. The molecular formula is C39H62O13S. The maximum Gasteiger partial charge on any atom is 0.509 e. The molecule has 12 fully saturated rings. The van der Waals surface area contributed by atoms with Gasteiger partial charge in [0.2, 0.25) is 0 Å². The van der Waals surface area contributed by atoms with Crippen molar-refractivity contribution >= 4 is 36.4 Å². The number of rotatable bonds is 0. The minimum atomic E-state index is -0.528. The highest BCUT2D eigenvalue weighted by Crippen LogP contribution is 2.52. The van der Waals surface area contributed by atoms with Crippen molar-refractivity contribution in [3.05, 3.63) is 0 Å². The Balaban J connectivity index is 0.000000127. The van der Waals surface area contributed by atoms with E-state index >= 15 is 0 Å². The smallest absolute Gasteiger partial charge is 0.427 e. The zero-order chi connectivity index (χ0) is 38.4. The molecule has 0 aromatic rings. The number of carbonyl (C=O) groups excluding carboxylic acids is 4. The first-order valence-corrected chi connectivity index (χ1v) is 21.5.